The van der Waals surface area contributed by atoms with E-state index in [0.29, 0.717) is 25.7 Å². The topological polar surface area (TPSA) is 218 Å². The molecule has 1 aliphatic heterocycles. The summed E-state index contributed by atoms with van der Waals surface area (Å²) in [7, 11) is 0. The van der Waals surface area contributed by atoms with Gasteiger partial charge in [-0.15, -0.1) is 12.4 Å². The predicted octanol–water partition coefficient (Wildman–Crippen LogP) is -2.68. The van der Waals surface area contributed by atoms with Crippen molar-refractivity contribution in [3.63, 3.8) is 0 Å². The summed E-state index contributed by atoms with van der Waals surface area (Å²) in [5, 5.41) is 19.2. The van der Waals surface area contributed by atoms with Crippen LogP contribution in [0.2, 0.25) is 0 Å². The van der Waals surface area contributed by atoms with Gasteiger partial charge in [0.2, 0.25) is 23.6 Å². The van der Waals surface area contributed by atoms with Crippen molar-refractivity contribution in [1.29, 1.82) is 0 Å². The predicted molar refractivity (Wildman–Crippen MR) is 116 cm³/mol. The van der Waals surface area contributed by atoms with Crippen molar-refractivity contribution in [3.05, 3.63) is 0 Å². The fraction of sp³-hybridized carbons (Fsp3) is 0.667. The van der Waals surface area contributed by atoms with Gasteiger partial charge in [-0.05, 0) is 32.1 Å². The van der Waals surface area contributed by atoms with Crippen molar-refractivity contribution in [2.75, 3.05) is 13.1 Å². The number of nitrogens with two attached hydrogens (primary N) is 2. The van der Waals surface area contributed by atoms with Crippen LogP contribution >= 0.6 is 12.4 Å². The number of guanidine groups is 1. The highest BCUT2D eigenvalue weighted by Crippen LogP contribution is 2.26. The highest BCUT2D eigenvalue weighted by molar-refractivity contribution is 5.94. The van der Waals surface area contributed by atoms with Gasteiger partial charge in [0.05, 0.1) is 13.0 Å². The van der Waals surface area contributed by atoms with E-state index in [-0.39, 0.29) is 43.3 Å². The molecule has 2 aliphatic rings. The minimum atomic E-state index is -1.28. The molecule has 1 aliphatic carbocycles. The van der Waals surface area contributed by atoms with E-state index in [1.165, 1.54) is 0 Å². The number of amides is 4. The van der Waals surface area contributed by atoms with Crippen molar-refractivity contribution in [3.8, 4) is 0 Å². The molecule has 0 aromatic rings. The van der Waals surface area contributed by atoms with Crippen LogP contribution < -0.4 is 32.7 Å². The maximum Gasteiger partial charge on any atom is 0.305 e. The van der Waals surface area contributed by atoms with Crippen LogP contribution in [0.15, 0.2) is 4.99 Å². The molecule has 180 valence electrons. The first-order chi connectivity index (χ1) is 14.7. The Bertz CT molecular complexity index is 758. The number of carboxylic acid groups (broad SMARTS) is 1. The molecule has 9 N–H and O–H groups in total. The largest absolute Gasteiger partial charge is 0.481 e. The Balaban J connectivity index is 0.00000512. The van der Waals surface area contributed by atoms with Crippen molar-refractivity contribution in [2.24, 2.45) is 22.4 Å². The quantitative estimate of drug-likeness (QED) is 0.121. The zero-order valence-electron chi connectivity index (χ0n) is 17.5. The molecule has 1 heterocycles. The SMILES string of the molecule is Cl.NC(N)=NCCC[C@@H]1NC(=O)[C@H]2CC[C@H](C2)NC(=O)[C@H](CC(=O)O)NC(=O)CNC1=O. The smallest absolute Gasteiger partial charge is 0.305 e. The van der Waals surface area contributed by atoms with Crippen LogP contribution in [0.25, 0.3) is 0 Å². The minimum absolute atomic E-state index is 0. The summed E-state index contributed by atoms with van der Waals surface area (Å²) in [4.78, 5) is 64.8. The molecule has 13 nitrogen and oxygen atoms in total. The second-order valence-corrected chi connectivity index (χ2v) is 7.66. The van der Waals surface area contributed by atoms with Crippen LogP contribution in [0.4, 0.5) is 0 Å². The number of hydrogen-bond donors (Lipinski definition) is 7. The Kier molecular flexibility index (Phi) is 10.7. The number of carbonyl (C=O) groups excluding carboxylic acids is 4. The monoisotopic (exact) mass is 475 g/mol. The molecule has 32 heavy (non-hydrogen) atoms. The molecular formula is C18H30ClN7O6. The molecule has 1 saturated heterocycles. The summed E-state index contributed by atoms with van der Waals surface area (Å²) in [6, 6.07) is -2.50. The van der Waals surface area contributed by atoms with Gasteiger partial charge in [-0.1, -0.05) is 0 Å². The molecule has 0 aromatic carbocycles. The molecule has 0 radical (unpaired) electrons. The van der Waals surface area contributed by atoms with Gasteiger partial charge in [0.25, 0.3) is 0 Å². The van der Waals surface area contributed by atoms with E-state index < -0.39 is 54.7 Å². The third-order valence-corrected chi connectivity index (χ3v) is 5.18. The minimum Gasteiger partial charge on any atom is -0.481 e. The normalized spacial score (nSPS) is 26.4. The molecule has 14 heteroatoms. The maximum atomic E-state index is 12.7. The number of halogens is 1. The summed E-state index contributed by atoms with van der Waals surface area (Å²) >= 11 is 0. The third-order valence-electron chi connectivity index (χ3n) is 5.18. The zero-order valence-corrected chi connectivity index (χ0v) is 18.3. The van der Waals surface area contributed by atoms with Gasteiger partial charge in [-0.25, -0.2) is 0 Å². The number of nitrogens with one attached hydrogen (secondary N) is 4. The molecule has 2 bridgehead atoms. The van der Waals surface area contributed by atoms with Gasteiger partial charge in [0.1, 0.15) is 12.1 Å². The first-order valence-electron chi connectivity index (χ1n) is 10.1. The molecule has 2 fully saturated rings. The van der Waals surface area contributed by atoms with Gasteiger partial charge in [0, 0.05) is 18.5 Å². The summed E-state index contributed by atoms with van der Waals surface area (Å²) in [5.74, 6) is -3.97. The second kappa shape index (κ2) is 12.7. The molecule has 1 saturated carbocycles. The highest BCUT2D eigenvalue weighted by Gasteiger charge is 2.35. The zero-order chi connectivity index (χ0) is 23.0. The van der Waals surface area contributed by atoms with Crippen LogP contribution in [-0.4, -0.2) is 71.9 Å². The van der Waals surface area contributed by atoms with Crippen molar-refractivity contribution in [2.45, 2.75) is 56.7 Å². The van der Waals surface area contributed by atoms with Crippen molar-refractivity contribution < 1.29 is 29.1 Å². The first kappa shape index (κ1) is 26.9. The molecule has 0 spiro atoms. The summed E-state index contributed by atoms with van der Waals surface area (Å²) in [6.07, 6.45) is 1.47. The van der Waals surface area contributed by atoms with Crippen LogP contribution in [0, 0.1) is 5.92 Å². The lowest BCUT2D eigenvalue weighted by Gasteiger charge is -2.23. The lowest BCUT2D eigenvalue weighted by molar-refractivity contribution is -0.141. The number of hydrogen-bond acceptors (Lipinski definition) is 6. The molecule has 4 atom stereocenters. The Morgan fingerprint density at radius 1 is 1.00 bits per heavy atom. The maximum absolute atomic E-state index is 12.7. The Morgan fingerprint density at radius 3 is 2.38 bits per heavy atom. The summed E-state index contributed by atoms with van der Waals surface area (Å²) in [5.41, 5.74) is 10.6. The van der Waals surface area contributed by atoms with E-state index >= 15 is 0 Å². The lowest BCUT2D eigenvalue weighted by atomic mass is 10.0. The number of rotatable bonds is 6. The van der Waals surface area contributed by atoms with Crippen LogP contribution in [0.1, 0.15) is 38.5 Å². The number of carbonyl (C=O) groups is 5. The fourth-order valence-electron chi connectivity index (χ4n) is 3.63. The summed E-state index contributed by atoms with van der Waals surface area (Å²) < 4.78 is 0. The Morgan fingerprint density at radius 2 is 1.72 bits per heavy atom. The van der Waals surface area contributed by atoms with Crippen molar-refractivity contribution >= 4 is 48.0 Å². The average Bonchev–Trinajstić information content (AvgIpc) is 3.15. The number of aliphatic imine (C=N–C) groups is 1. The van der Waals surface area contributed by atoms with E-state index in [9.17, 15) is 24.0 Å². The van der Waals surface area contributed by atoms with E-state index in [1.54, 1.807) is 0 Å². The fourth-order valence-corrected chi connectivity index (χ4v) is 3.63. The molecule has 0 aromatic heterocycles. The third kappa shape index (κ3) is 8.57. The van der Waals surface area contributed by atoms with Crippen LogP contribution in [0.3, 0.4) is 0 Å². The second-order valence-electron chi connectivity index (χ2n) is 7.66. The van der Waals surface area contributed by atoms with E-state index in [1.807, 2.05) is 0 Å². The van der Waals surface area contributed by atoms with Crippen LogP contribution in [-0.2, 0) is 24.0 Å². The van der Waals surface area contributed by atoms with E-state index in [0.717, 1.165) is 0 Å². The van der Waals surface area contributed by atoms with Gasteiger partial charge in [0.15, 0.2) is 5.96 Å². The average molecular weight is 476 g/mol. The molecule has 0 unspecified atom stereocenters. The summed E-state index contributed by atoms with van der Waals surface area (Å²) in [6.45, 7) is -0.202. The van der Waals surface area contributed by atoms with Gasteiger partial charge in [-0.2, -0.15) is 0 Å². The van der Waals surface area contributed by atoms with Crippen LogP contribution in [0.5, 0.6) is 0 Å². The van der Waals surface area contributed by atoms with Gasteiger partial charge < -0.3 is 37.8 Å². The molecule has 4 amide bonds. The van der Waals surface area contributed by atoms with Gasteiger partial charge in [-0.3, -0.25) is 29.0 Å². The molecular weight excluding hydrogens is 446 g/mol. The molecule has 2 rings (SSSR count). The number of fused-ring (bicyclic) bond motifs is 2. The first-order valence-corrected chi connectivity index (χ1v) is 10.1. The standard InChI is InChI=1S/C18H29N7O6.ClH/c19-18(20)21-5-1-2-11-16(30)22-8-13(26)24-12(7-14(27)28)17(31)23-10-4-3-9(6-10)15(29)25-11;/h9-12H,1-8H2,(H,22,30)(H,23,31)(H,24,26)(H,25,29)(H,27,28)(H4,19,20,21);1H/t9-,10+,11-,12-;/m0./s1. The number of aliphatic carboxylic acids is 1. The number of nitrogens with zero attached hydrogens (tertiary/aromatic N) is 1. The van der Waals surface area contributed by atoms with Crippen molar-refractivity contribution in [1.82, 2.24) is 21.3 Å². The highest BCUT2D eigenvalue weighted by atomic mass is 35.5. The van der Waals surface area contributed by atoms with Gasteiger partial charge >= 0.3 is 5.97 Å². The van der Waals surface area contributed by atoms with E-state index in [4.69, 9.17) is 16.6 Å². The van der Waals surface area contributed by atoms with E-state index in [2.05, 4.69) is 26.3 Å². The Hall–Kier alpha value is -3.09. The Labute approximate surface area is 190 Å². The lowest BCUT2D eigenvalue weighted by Crippen LogP contribution is -2.54. The number of carboxylic acids is 1.